The largest absolute Gasteiger partial charge is 0.480 e. The van der Waals surface area contributed by atoms with Gasteiger partial charge in [-0.15, -0.1) is 0 Å². The molecule has 124 valence electrons. The van der Waals surface area contributed by atoms with Gasteiger partial charge in [0.15, 0.2) is 5.96 Å². The summed E-state index contributed by atoms with van der Waals surface area (Å²) >= 11 is 0. The number of ether oxygens (including phenoxy) is 1. The molecule has 8 nitrogen and oxygen atoms in total. The Kier molecular flexibility index (Phi) is 5.17. The zero-order valence-electron chi connectivity index (χ0n) is 12.5. The number of aliphatic carboxylic acids is 1. The molecule has 0 aromatic carbocycles. The SMILES string of the molecule is N=C(N)N(CCC[C@@H](N)C(=O)O)C1=CC(=O)OC2C=CC=CC12. The number of carbonyl (C=O) groups is 2. The van der Waals surface area contributed by atoms with Crippen molar-refractivity contribution in [3.05, 3.63) is 36.1 Å². The highest BCUT2D eigenvalue weighted by molar-refractivity contribution is 5.86. The van der Waals surface area contributed by atoms with Crippen LogP contribution in [0.25, 0.3) is 0 Å². The lowest BCUT2D eigenvalue weighted by atomic mass is 9.91. The third-order valence-corrected chi connectivity index (χ3v) is 3.76. The number of hydrogen-bond donors (Lipinski definition) is 4. The van der Waals surface area contributed by atoms with Crippen molar-refractivity contribution in [2.75, 3.05) is 6.54 Å². The minimum atomic E-state index is -1.07. The van der Waals surface area contributed by atoms with Crippen LogP contribution >= 0.6 is 0 Å². The maximum atomic E-state index is 11.7. The molecule has 0 amide bonds. The number of guanidine groups is 1. The molecule has 23 heavy (non-hydrogen) atoms. The third kappa shape index (κ3) is 3.98. The first kappa shape index (κ1) is 16.8. The van der Waals surface area contributed by atoms with Gasteiger partial charge in [0.2, 0.25) is 0 Å². The summed E-state index contributed by atoms with van der Waals surface area (Å²) in [7, 11) is 0. The van der Waals surface area contributed by atoms with Crippen LogP contribution in [-0.4, -0.2) is 46.6 Å². The number of carboxylic acids is 1. The zero-order chi connectivity index (χ0) is 17.0. The van der Waals surface area contributed by atoms with Crippen LogP contribution in [0.3, 0.4) is 0 Å². The second kappa shape index (κ2) is 7.10. The van der Waals surface area contributed by atoms with Crippen LogP contribution in [0.2, 0.25) is 0 Å². The molecule has 2 unspecified atom stereocenters. The summed E-state index contributed by atoms with van der Waals surface area (Å²) in [5.41, 5.74) is 11.7. The second-order valence-electron chi connectivity index (χ2n) is 5.39. The normalized spacial score (nSPS) is 23.5. The highest BCUT2D eigenvalue weighted by Gasteiger charge is 2.34. The van der Waals surface area contributed by atoms with E-state index in [-0.39, 0.29) is 18.3 Å². The maximum Gasteiger partial charge on any atom is 0.333 e. The molecule has 1 aliphatic carbocycles. The molecule has 1 aliphatic heterocycles. The van der Waals surface area contributed by atoms with Crippen molar-refractivity contribution in [2.24, 2.45) is 17.4 Å². The van der Waals surface area contributed by atoms with Gasteiger partial charge in [-0.3, -0.25) is 10.2 Å². The number of fused-ring (bicyclic) bond motifs is 1. The van der Waals surface area contributed by atoms with E-state index >= 15 is 0 Å². The predicted octanol–water partition coefficient (Wildman–Crippen LogP) is -0.0745. The van der Waals surface area contributed by atoms with Crippen LogP contribution in [0.5, 0.6) is 0 Å². The van der Waals surface area contributed by atoms with E-state index in [1.54, 1.807) is 12.2 Å². The molecule has 1 heterocycles. The summed E-state index contributed by atoms with van der Waals surface area (Å²) in [6.07, 6.45) is 8.86. The van der Waals surface area contributed by atoms with E-state index in [0.717, 1.165) is 0 Å². The lowest BCUT2D eigenvalue weighted by Gasteiger charge is -2.36. The van der Waals surface area contributed by atoms with Gasteiger partial charge in [0.25, 0.3) is 0 Å². The number of nitrogens with one attached hydrogen (secondary N) is 1. The average molecular weight is 320 g/mol. The fraction of sp³-hybridized carbons (Fsp3) is 0.400. The fourth-order valence-corrected chi connectivity index (χ4v) is 2.59. The van der Waals surface area contributed by atoms with E-state index in [2.05, 4.69) is 0 Å². The second-order valence-corrected chi connectivity index (χ2v) is 5.39. The van der Waals surface area contributed by atoms with Crippen molar-refractivity contribution < 1.29 is 19.4 Å². The molecular formula is C15H20N4O4. The highest BCUT2D eigenvalue weighted by Crippen LogP contribution is 2.30. The van der Waals surface area contributed by atoms with Gasteiger partial charge in [0.1, 0.15) is 12.1 Å². The Morgan fingerprint density at radius 3 is 2.78 bits per heavy atom. The lowest BCUT2D eigenvalue weighted by Crippen LogP contribution is -2.44. The van der Waals surface area contributed by atoms with Crippen molar-refractivity contribution in [1.82, 2.24) is 4.90 Å². The van der Waals surface area contributed by atoms with Crippen molar-refractivity contribution >= 4 is 17.9 Å². The Labute approximate surface area is 133 Å². The minimum absolute atomic E-state index is 0.212. The van der Waals surface area contributed by atoms with Gasteiger partial charge in [-0.2, -0.15) is 0 Å². The lowest BCUT2D eigenvalue weighted by molar-refractivity contribution is -0.144. The molecule has 0 aromatic heterocycles. The molecule has 2 aliphatic rings. The Bertz CT molecular complexity index is 596. The molecule has 0 aromatic rings. The fourth-order valence-electron chi connectivity index (χ4n) is 2.59. The van der Waals surface area contributed by atoms with Crippen molar-refractivity contribution in [2.45, 2.75) is 25.0 Å². The molecule has 3 atom stereocenters. The number of allylic oxidation sites excluding steroid dienone is 2. The Morgan fingerprint density at radius 1 is 1.43 bits per heavy atom. The molecule has 0 saturated heterocycles. The van der Waals surface area contributed by atoms with Gasteiger partial charge in [-0.25, -0.2) is 4.79 Å². The number of nitrogens with zero attached hydrogens (tertiary/aromatic N) is 1. The van der Waals surface area contributed by atoms with Crippen LogP contribution in [0, 0.1) is 11.3 Å². The van der Waals surface area contributed by atoms with Gasteiger partial charge < -0.3 is 26.2 Å². The highest BCUT2D eigenvalue weighted by atomic mass is 16.5. The molecule has 0 fully saturated rings. The van der Waals surface area contributed by atoms with E-state index in [9.17, 15) is 9.59 Å². The van der Waals surface area contributed by atoms with Gasteiger partial charge >= 0.3 is 11.9 Å². The number of carboxylic acid groups (broad SMARTS) is 1. The van der Waals surface area contributed by atoms with E-state index in [4.69, 9.17) is 26.7 Å². The summed E-state index contributed by atoms with van der Waals surface area (Å²) in [6.45, 7) is 0.302. The number of hydrogen-bond acceptors (Lipinski definition) is 5. The summed E-state index contributed by atoms with van der Waals surface area (Å²) in [6, 6.07) is -0.959. The Morgan fingerprint density at radius 2 is 2.13 bits per heavy atom. The third-order valence-electron chi connectivity index (χ3n) is 3.76. The predicted molar refractivity (Wildman–Crippen MR) is 83.2 cm³/mol. The first-order valence-corrected chi connectivity index (χ1v) is 7.27. The van der Waals surface area contributed by atoms with Crippen molar-refractivity contribution in [1.29, 1.82) is 5.41 Å². The van der Waals surface area contributed by atoms with E-state index in [1.807, 2.05) is 12.2 Å². The summed E-state index contributed by atoms with van der Waals surface area (Å²) in [5.74, 6) is -1.98. The Balaban J connectivity index is 2.11. The first-order valence-electron chi connectivity index (χ1n) is 7.27. The van der Waals surface area contributed by atoms with Gasteiger partial charge in [-0.05, 0) is 18.9 Å². The maximum absolute atomic E-state index is 11.7. The Hall–Kier alpha value is -2.61. The quantitative estimate of drug-likeness (QED) is 0.304. The van der Waals surface area contributed by atoms with Crippen LogP contribution in [-0.2, 0) is 14.3 Å². The van der Waals surface area contributed by atoms with Crippen LogP contribution in [0.15, 0.2) is 36.1 Å². The van der Waals surface area contributed by atoms with Crippen molar-refractivity contribution in [3.8, 4) is 0 Å². The van der Waals surface area contributed by atoms with E-state index in [0.29, 0.717) is 18.7 Å². The monoisotopic (exact) mass is 320 g/mol. The standard InChI is InChI=1S/C15H20N4O4/c16-10(14(21)22)5-3-7-19(15(17)18)11-8-13(20)23-12-6-2-1-4-9(11)12/h1-2,4,6,8-10,12H,3,5,7,16H2,(H3,17,18)(H,21,22)/t9?,10-,12?/m1/s1. The van der Waals surface area contributed by atoms with Gasteiger partial charge in [0, 0.05) is 18.3 Å². The topological polar surface area (TPSA) is 143 Å². The van der Waals surface area contributed by atoms with Crippen LogP contribution in [0.4, 0.5) is 0 Å². The van der Waals surface area contributed by atoms with Crippen molar-refractivity contribution in [3.63, 3.8) is 0 Å². The molecule has 2 rings (SSSR count). The molecule has 0 spiro atoms. The number of nitrogens with two attached hydrogens (primary N) is 2. The molecule has 0 radical (unpaired) electrons. The molecular weight excluding hydrogens is 300 g/mol. The molecule has 0 bridgehead atoms. The average Bonchev–Trinajstić information content (AvgIpc) is 2.50. The van der Waals surface area contributed by atoms with E-state index < -0.39 is 24.1 Å². The minimum Gasteiger partial charge on any atom is -0.480 e. The molecule has 0 saturated carbocycles. The van der Waals surface area contributed by atoms with E-state index in [1.165, 1.54) is 11.0 Å². The zero-order valence-corrected chi connectivity index (χ0v) is 12.5. The number of rotatable bonds is 6. The van der Waals surface area contributed by atoms with Gasteiger partial charge in [0.05, 0.1) is 5.92 Å². The molecule has 6 N–H and O–H groups in total. The summed E-state index contributed by atoms with van der Waals surface area (Å²) in [5, 5.41) is 16.6. The van der Waals surface area contributed by atoms with Crippen LogP contribution < -0.4 is 11.5 Å². The first-order chi connectivity index (χ1) is 10.9. The van der Waals surface area contributed by atoms with Gasteiger partial charge in [-0.1, -0.05) is 18.2 Å². The van der Waals surface area contributed by atoms with Crippen LogP contribution in [0.1, 0.15) is 12.8 Å². The summed E-state index contributed by atoms with van der Waals surface area (Å²) < 4.78 is 5.24. The number of carbonyl (C=O) groups excluding carboxylic acids is 1. The molecule has 8 heteroatoms. The number of esters is 1. The smallest absolute Gasteiger partial charge is 0.333 e. The summed E-state index contributed by atoms with van der Waals surface area (Å²) in [4.78, 5) is 24.0.